The molecule has 0 aliphatic carbocycles. The lowest BCUT2D eigenvalue weighted by molar-refractivity contribution is -0.150. The number of fused-ring (bicyclic) bond motifs is 1. The maximum atomic E-state index is 12.9. The highest BCUT2D eigenvalue weighted by Crippen LogP contribution is 2.45. The van der Waals surface area contributed by atoms with Crippen LogP contribution in [-0.4, -0.2) is 81.9 Å². The minimum Gasteiger partial charge on any atom is -0.477 e. The maximum Gasteiger partial charge on any atom is 0.353 e. The molecule has 0 unspecified atom stereocenters. The first-order chi connectivity index (χ1) is 17.3. The second-order valence-corrected chi connectivity index (χ2v) is 11.1. The van der Waals surface area contributed by atoms with E-state index in [2.05, 4.69) is 24.2 Å². The summed E-state index contributed by atoms with van der Waals surface area (Å²) in [5, 5.41) is 24.7. The Morgan fingerprint density at radius 3 is 2.83 bits per heavy atom. The quantitative estimate of drug-likeness (QED) is 0.0863. The lowest BCUT2D eigenvalue weighted by atomic mass is 10.0. The van der Waals surface area contributed by atoms with Gasteiger partial charge in [-0.3, -0.25) is 14.5 Å². The number of carboxylic acid groups (broad SMARTS) is 1. The van der Waals surface area contributed by atoms with Crippen LogP contribution in [0, 0.1) is 0 Å². The molecule has 4 heterocycles. The van der Waals surface area contributed by atoms with Crippen LogP contribution >= 0.6 is 47.0 Å². The van der Waals surface area contributed by atoms with Crippen LogP contribution in [0.3, 0.4) is 0 Å². The molecule has 2 aromatic heterocycles. The number of rotatable bonds is 10. The van der Waals surface area contributed by atoms with Crippen LogP contribution in [0.5, 0.6) is 0 Å². The molecule has 1 fully saturated rings. The van der Waals surface area contributed by atoms with Crippen molar-refractivity contribution in [2.24, 2.45) is 10.9 Å². The van der Waals surface area contributed by atoms with E-state index in [1.165, 1.54) is 41.7 Å². The van der Waals surface area contributed by atoms with Crippen LogP contribution in [0.15, 0.2) is 39.0 Å². The molecule has 190 valence electrons. The molecule has 2 atom stereocenters. The summed E-state index contributed by atoms with van der Waals surface area (Å²) in [4.78, 5) is 43.4. The molecule has 0 bridgehead atoms. The van der Waals surface area contributed by atoms with Gasteiger partial charge in [-0.1, -0.05) is 23.0 Å². The number of hydrogen-bond acceptors (Lipinski definition) is 14. The zero-order valence-corrected chi connectivity index (χ0v) is 21.6. The highest BCUT2D eigenvalue weighted by Gasteiger charge is 2.54. The lowest BCUT2D eigenvalue weighted by Crippen LogP contribution is -2.71. The molecule has 13 nitrogen and oxygen atoms in total. The van der Waals surface area contributed by atoms with Gasteiger partial charge < -0.3 is 27.1 Å². The number of oxime groups is 1. The number of nitrogen functional groups attached to an aromatic ring is 1. The Labute approximate surface area is 221 Å². The second-order valence-electron chi connectivity index (χ2n) is 7.29. The smallest absolute Gasteiger partial charge is 0.353 e. The summed E-state index contributed by atoms with van der Waals surface area (Å²) >= 11 is 5.11. The number of nitrogens with one attached hydrogen (secondary N) is 1. The number of β-lactam (4-membered cyclic amide) rings is 1. The fraction of sp³-hybridized carbons (Fsp3) is 0.316. The van der Waals surface area contributed by atoms with Crippen molar-refractivity contribution in [2.45, 2.75) is 22.2 Å². The van der Waals surface area contributed by atoms with Gasteiger partial charge in [-0.15, -0.1) is 11.8 Å². The van der Waals surface area contributed by atoms with E-state index >= 15 is 0 Å². The van der Waals surface area contributed by atoms with Crippen molar-refractivity contribution in [2.75, 3.05) is 23.8 Å². The van der Waals surface area contributed by atoms with Gasteiger partial charge >= 0.3 is 5.97 Å². The van der Waals surface area contributed by atoms with E-state index in [9.17, 15) is 24.7 Å². The van der Waals surface area contributed by atoms with Crippen molar-refractivity contribution in [3.05, 3.63) is 40.2 Å². The highest BCUT2D eigenvalue weighted by atomic mass is 32.2. The number of aromatic nitrogens is 3. The van der Waals surface area contributed by atoms with E-state index in [0.29, 0.717) is 22.2 Å². The molecule has 2 aliphatic rings. The average molecular weight is 569 g/mol. The number of anilines is 1. The predicted molar refractivity (Wildman–Crippen MR) is 138 cm³/mol. The number of carbonyl (C=O) groups is 3. The summed E-state index contributed by atoms with van der Waals surface area (Å²) in [6.07, 6.45) is 0. The van der Waals surface area contributed by atoms with E-state index in [4.69, 9.17) is 11.5 Å². The Bertz CT molecular complexity index is 1250. The third kappa shape index (κ3) is 5.29. The zero-order valence-electron chi connectivity index (χ0n) is 18.4. The van der Waals surface area contributed by atoms with Gasteiger partial charge in [-0.2, -0.15) is 20.5 Å². The normalized spacial score (nSPS) is 19.6. The third-order valence-corrected chi connectivity index (χ3v) is 9.24. The number of pyridine rings is 1. The summed E-state index contributed by atoms with van der Waals surface area (Å²) in [7, 11) is 0. The van der Waals surface area contributed by atoms with E-state index in [-0.39, 0.29) is 23.0 Å². The molecule has 36 heavy (non-hydrogen) atoms. The first-order valence-electron chi connectivity index (χ1n) is 10.3. The molecule has 17 heteroatoms. The van der Waals surface area contributed by atoms with Gasteiger partial charge in [0.05, 0.1) is 17.4 Å². The van der Waals surface area contributed by atoms with Crippen molar-refractivity contribution in [1.29, 1.82) is 0 Å². The number of thioether (sulfide) groups is 3. The van der Waals surface area contributed by atoms with Crippen LogP contribution in [-0.2, 0) is 20.1 Å². The van der Waals surface area contributed by atoms with Gasteiger partial charge in [0.25, 0.3) is 11.8 Å². The molecule has 0 radical (unpaired) electrons. The molecule has 7 N–H and O–H groups in total. The molecule has 2 aromatic rings. The molecule has 4 rings (SSSR count). The monoisotopic (exact) mass is 568 g/mol. The Balaban J connectivity index is 1.50. The van der Waals surface area contributed by atoms with Crippen LogP contribution in [0.2, 0.25) is 0 Å². The van der Waals surface area contributed by atoms with Gasteiger partial charge in [0, 0.05) is 28.7 Å². The van der Waals surface area contributed by atoms with Gasteiger partial charge in [-0.25, -0.2) is 9.78 Å². The summed E-state index contributed by atoms with van der Waals surface area (Å²) < 4.78 is 8.57. The van der Waals surface area contributed by atoms with Crippen molar-refractivity contribution in [3.8, 4) is 0 Å². The number of amides is 2. The topological polar surface area (TPSA) is 210 Å². The fourth-order valence-corrected chi connectivity index (χ4v) is 7.45. The second kappa shape index (κ2) is 11.5. The van der Waals surface area contributed by atoms with Crippen molar-refractivity contribution in [1.82, 2.24) is 23.9 Å². The standard InChI is InChI=1S/C19H20N8O5S4/c20-4-5-33-6-9-16(26-36-25-9)35-10-7-34-18-13(17(29)27(18)14(10)19(30)31)23-15(28)12(24-32)8-2-1-3-11(21)22-8/h1-3,13,18,32H,4-7,20H2,(H2,21,22)(H,23,28)(H,30,31)/b24-12-/t13-,18-/m1/s1. The molecular weight excluding hydrogens is 549 g/mol. The number of hydrogen-bond donors (Lipinski definition) is 5. The Kier molecular flexibility index (Phi) is 8.35. The predicted octanol–water partition coefficient (Wildman–Crippen LogP) is 0.374. The SMILES string of the molecule is NCCSCc1nsnc1SC1=C(C(=O)O)N2C(=O)[C@@H](NC(=O)/C(=N\O)c3cccc(N)n3)[C@H]2SC1. The molecule has 0 aromatic carbocycles. The van der Waals surface area contributed by atoms with E-state index < -0.39 is 34.9 Å². The summed E-state index contributed by atoms with van der Waals surface area (Å²) in [6.45, 7) is 0.535. The molecule has 2 amide bonds. The largest absolute Gasteiger partial charge is 0.477 e. The summed E-state index contributed by atoms with van der Waals surface area (Å²) in [5.74, 6) is -0.939. The third-order valence-electron chi connectivity index (χ3n) is 4.99. The molecule has 0 spiro atoms. The van der Waals surface area contributed by atoms with Crippen LogP contribution in [0.1, 0.15) is 11.4 Å². The number of aliphatic carboxylic acids is 1. The van der Waals surface area contributed by atoms with Gasteiger partial charge in [0.1, 0.15) is 33.7 Å². The Hall–Kier alpha value is -2.86. The minimum atomic E-state index is -1.26. The average Bonchev–Trinajstić information content (AvgIpc) is 3.29. The highest BCUT2D eigenvalue weighted by molar-refractivity contribution is 8.06. The first-order valence-corrected chi connectivity index (χ1v) is 14.0. The maximum absolute atomic E-state index is 12.9. The van der Waals surface area contributed by atoms with Crippen molar-refractivity contribution >= 4 is 76.3 Å². The summed E-state index contributed by atoms with van der Waals surface area (Å²) in [6, 6.07) is 3.46. The molecule has 0 saturated carbocycles. The zero-order chi connectivity index (χ0) is 25.8. The van der Waals surface area contributed by atoms with Crippen molar-refractivity contribution < 1.29 is 24.7 Å². The first kappa shape index (κ1) is 26.2. The molecule has 2 aliphatic heterocycles. The van der Waals surface area contributed by atoms with E-state index in [1.54, 1.807) is 11.8 Å². The van der Waals surface area contributed by atoms with Crippen LogP contribution < -0.4 is 16.8 Å². The van der Waals surface area contributed by atoms with Gasteiger partial charge in [0.15, 0.2) is 5.71 Å². The molecular formula is C19H20N8O5S4. The Morgan fingerprint density at radius 2 is 2.14 bits per heavy atom. The van der Waals surface area contributed by atoms with Crippen LogP contribution in [0.25, 0.3) is 0 Å². The number of carboxylic acids is 1. The number of nitrogens with zero attached hydrogens (tertiary/aromatic N) is 5. The molecule has 1 saturated heterocycles. The summed E-state index contributed by atoms with van der Waals surface area (Å²) in [5.41, 5.74) is 11.3. The van der Waals surface area contributed by atoms with Crippen LogP contribution in [0.4, 0.5) is 5.82 Å². The van der Waals surface area contributed by atoms with E-state index in [0.717, 1.165) is 28.1 Å². The minimum absolute atomic E-state index is 0.0250. The Morgan fingerprint density at radius 1 is 1.33 bits per heavy atom. The number of carbonyl (C=O) groups excluding carboxylic acids is 2. The van der Waals surface area contributed by atoms with Gasteiger partial charge in [-0.05, 0) is 12.1 Å². The number of nitrogens with two attached hydrogens (primary N) is 2. The van der Waals surface area contributed by atoms with Gasteiger partial charge in [0.2, 0.25) is 0 Å². The van der Waals surface area contributed by atoms with E-state index in [1.807, 2.05) is 0 Å². The van der Waals surface area contributed by atoms with Crippen molar-refractivity contribution in [3.63, 3.8) is 0 Å². The lowest BCUT2D eigenvalue weighted by Gasteiger charge is -2.49. The fourth-order valence-electron chi connectivity index (χ4n) is 3.41.